The van der Waals surface area contributed by atoms with Gasteiger partial charge in [-0.05, 0) is 44.7 Å². The number of carbonyl (C=O) groups is 1. The highest BCUT2D eigenvalue weighted by molar-refractivity contribution is 5.67. The molecule has 1 aromatic carbocycles. The van der Waals surface area contributed by atoms with Gasteiger partial charge < -0.3 is 5.11 Å². The second kappa shape index (κ2) is 6.24. The molecule has 17 heavy (non-hydrogen) atoms. The second-order valence-corrected chi connectivity index (χ2v) is 4.55. The van der Waals surface area contributed by atoms with Crippen molar-refractivity contribution in [3.8, 4) is 0 Å². The Bertz CT molecular complexity index is 410. The summed E-state index contributed by atoms with van der Waals surface area (Å²) < 4.78 is 0. The van der Waals surface area contributed by atoms with E-state index in [4.69, 9.17) is 5.11 Å². The predicted molar refractivity (Wildman–Crippen MR) is 71.1 cm³/mol. The summed E-state index contributed by atoms with van der Waals surface area (Å²) in [5.74, 6) is -0.720. The van der Waals surface area contributed by atoms with Gasteiger partial charge in [0.2, 0.25) is 0 Å². The zero-order chi connectivity index (χ0) is 12.8. The van der Waals surface area contributed by atoms with Gasteiger partial charge >= 0.3 is 5.97 Å². The fraction of sp³-hybridized carbons (Fsp3) is 0.400. The number of aliphatic carboxylic acids is 1. The van der Waals surface area contributed by atoms with E-state index in [1.165, 1.54) is 22.3 Å². The van der Waals surface area contributed by atoms with Gasteiger partial charge in [0.05, 0.1) is 0 Å². The lowest BCUT2D eigenvalue weighted by atomic mass is 10.0. The molecule has 0 fully saturated rings. The smallest absolute Gasteiger partial charge is 0.303 e. The van der Waals surface area contributed by atoms with E-state index in [0.29, 0.717) is 6.42 Å². The third-order valence-electron chi connectivity index (χ3n) is 2.72. The van der Waals surface area contributed by atoms with E-state index in [0.717, 1.165) is 6.42 Å². The molecule has 0 atom stereocenters. The van der Waals surface area contributed by atoms with Crippen LogP contribution >= 0.6 is 0 Å². The van der Waals surface area contributed by atoms with Crippen molar-refractivity contribution >= 4 is 11.5 Å². The van der Waals surface area contributed by atoms with Crippen LogP contribution < -0.4 is 0 Å². The first-order chi connectivity index (χ1) is 7.99. The quantitative estimate of drug-likeness (QED) is 0.780. The molecule has 0 radical (unpaired) electrons. The van der Waals surface area contributed by atoms with Gasteiger partial charge in [-0.25, -0.2) is 0 Å². The zero-order valence-electron chi connectivity index (χ0n) is 10.8. The van der Waals surface area contributed by atoms with Crippen LogP contribution in [0.5, 0.6) is 0 Å². The summed E-state index contributed by atoms with van der Waals surface area (Å²) in [6.07, 6.45) is 3.90. The second-order valence-electron chi connectivity index (χ2n) is 4.55. The predicted octanol–water partition coefficient (Wildman–Crippen LogP) is 3.96. The molecule has 0 amide bonds. The topological polar surface area (TPSA) is 37.3 Å². The van der Waals surface area contributed by atoms with E-state index in [9.17, 15) is 4.79 Å². The Labute approximate surface area is 103 Å². The highest BCUT2D eigenvalue weighted by Gasteiger charge is 1.99. The van der Waals surface area contributed by atoms with Gasteiger partial charge in [-0.2, -0.15) is 0 Å². The average molecular weight is 232 g/mol. The summed E-state index contributed by atoms with van der Waals surface area (Å²) in [4.78, 5) is 10.4. The van der Waals surface area contributed by atoms with Crippen molar-refractivity contribution in [3.05, 3.63) is 41.0 Å². The first kappa shape index (κ1) is 13.5. The molecule has 0 saturated carbocycles. The van der Waals surface area contributed by atoms with Crippen LogP contribution in [0.15, 0.2) is 24.3 Å². The van der Waals surface area contributed by atoms with Crippen molar-refractivity contribution < 1.29 is 9.90 Å². The van der Waals surface area contributed by atoms with Crippen molar-refractivity contribution in [1.82, 2.24) is 0 Å². The molecule has 0 saturated heterocycles. The fourth-order valence-electron chi connectivity index (χ4n) is 1.89. The van der Waals surface area contributed by atoms with Gasteiger partial charge in [0.1, 0.15) is 0 Å². The lowest BCUT2D eigenvalue weighted by molar-refractivity contribution is -0.137. The Morgan fingerprint density at radius 3 is 2.35 bits per heavy atom. The van der Waals surface area contributed by atoms with Crippen molar-refractivity contribution in [2.24, 2.45) is 0 Å². The van der Waals surface area contributed by atoms with E-state index < -0.39 is 5.97 Å². The standard InChI is InChI=1S/C15H20O2/c1-11-8-12(2)10-14(9-11)13(3)6-4-5-7-15(16)17/h6,8-10H,4-5,7H2,1-3H3,(H,16,17)/b13-6+. The molecule has 2 nitrogen and oxygen atoms in total. The van der Waals surface area contributed by atoms with Crippen LogP contribution in [0.3, 0.4) is 0 Å². The van der Waals surface area contributed by atoms with Gasteiger partial charge in [0.25, 0.3) is 0 Å². The molecule has 0 aliphatic carbocycles. The highest BCUT2D eigenvalue weighted by Crippen LogP contribution is 2.18. The Morgan fingerprint density at radius 1 is 1.24 bits per heavy atom. The third kappa shape index (κ3) is 4.85. The van der Waals surface area contributed by atoms with Crippen LogP contribution in [-0.2, 0) is 4.79 Å². The minimum atomic E-state index is -0.720. The molecule has 0 spiro atoms. The third-order valence-corrected chi connectivity index (χ3v) is 2.72. The lowest BCUT2D eigenvalue weighted by Gasteiger charge is -2.05. The normalized spacial score (nSPS) is 11.6. The molecule has 1 aromatic rings. The number of carboxylic acid groups (broad SMARTS) is 1. The Kier molecular flexibility index (Phi) is 4.95. The van der Waals surface area contributed by atoms with Gasteiger partial charge in [-0.3, -0.25) is 4.79 Å². The number of carboxylic acids is 1. The lowest BCUT2D eigenvalue weighted by Crippen LogP contribution is -1.92. The SMILES string of the molecule is C/C(=C\CCCC(=O)O)c1cc(C)cc(C)c1. The number of benzene rings is 1. The van der Waals surface area contributed by atoms with Crippen molar-refractivity contribution in [1.29, 1.82) is 0 Å². The molecule has 0 aliphatic heterocycles. The molecular formula is C15H20O2. The maximum atomic E-state index is 10.4. The zero-order valence-corrected chi connectivity index (χ0v) is 10.8. The van der Waals surface area contributed by atoms with Gasteiger partial charge in [-0.15, -0.1) is 0 Å². The fourth-order valence-corrected chi connectivity index (χ4v) is 1.89. The maximum absolute atomic E-state index is 10.4. The molecule has 1 rings (SSSR count). The van der Waals surface area contributed by atoms with Crippen LogP contribution in [0.1, 0.15) is 42.9 Å². The number of allylic oxidation sites excluding steroid dienone is 2. The molecule has 0 heterocycles. The van der Waals surface area contributed by atoms with Crippen LogP contribution in [-0.4, -0.2) is 11.1 Å². The van der Waals surface area contributed by atoms with Crippen LogP contribution in [0.25, 0.3) is 5.57 Å². The van der Waals surface area contributed by atoms with Crippen LogP contribution in [0.4, 0.5) is 0 Å². The van der Waals surface area contributed by atoms with Crippen molar-refractivity contribution in [2.75, 3.05) is 0 Å². The molecule has 1 N–H and O–H groups in total. The van der Waals surface area contributed by atoms with Crippen LogP contribution in [0, 0.1) is 13.8 Å². The van der Waals surface area contributed by atoms with E-state index in [2.05, 4.69) is 45.0 Å². The minimum Gasteiger partial charge on any atom is -0.481 e. The largest absolute Gasteiger partial charge is 0.481 e. The number of hydrogen-bond acceptors (Lipinski definition) is 1. The van der Waals surface area contributed by atoms with Gasteiger partial charge in [-0.1, -0.05) is 35.4 Å². The van der Waals surface area contributed by atoms with E-state index in [1.807, 2.05) is 0 Å². The van der Waals surface area contributed by atoms with E-state index in [1.54, 1.807) is 0 Å². The Balaban J connectivity index is 2.64. The monoisotopic (exact) mass is 232 g/mol. The highest BCUT2D eigenvalue weighted by atomic mass is 16.4. The molecule has 92 valence electrons. The Morgan fingerprint density at radius 2 is 1.82 bits per heavy atom. The van der Waals surface area contributed by atoms with Gasteiger partial charge in [0, 0.05) is 6.42 Å². The number of unbranched alkanes of at least 4 members (excludes halogenated alkanes) is 1. The van der Waals surface area contributed by atoms with E-state index in [-0.39, 0.29) is 6.42 Å². The van der Waals surface area contributed by atoms with Crippen LogP contribution in [0.2, 0.25) is 0 Å². The molecule has 0 bridgehead atoms. The molecular weight excluding hydrogens is 212 g/mol. The average Bonchev–Trinajstić information content (AvgIpc) is 2.22. The molecule has 2 heteroatoms. The summed E-state index contributed by atoms with van der Waals surface area (Å²) in [6, 6.07) is 6.48. The van der Waals surface area contributed by atoms with Gasteiger partial charge in [0.15, 0.2) is 0 Å². The first-order valence-corrected chi connectivity index (χ1v) is 5.96. The van der Waals surface area contributed by atoms with E-state index >= 15 is 0 Å². The minimum absolute atomic E-state index is 0.247. The summed E-state index contributed by atoms with van der Waals surface area (Å²) in [5.41, 5.74) is 4.98. The molecule has 0 aliphatic rings. The summed E-state index contributed by atoms with van der Waals surface area (Å²) >= 11 is 0. The summed E-state index contributed by atoms with van der Waals surface area (Å²) in [7, 11) is 0. The Hall–Kier alpha value is -1.57. The first-order valence-electron chi connectivity index (χ1n) is 5.96. The summed E-state index contributed by atoms with van der Waals surface area (Å²) in [5, 5.41) is 8.55. The molecule has 0 unspecified atom stereocenters. The maximum Gasteiger partial charge on any atom is 0.303 e. The summed E-state index contributed by atoms with van der Waals surface area (Å²) in [6.45, 7) is 6.26. The number of aryl methyl sites for hydroxylation is 2. The number of rotatable bonds is 5. The van der Waals surface area contributed by atoms with Crippen molar-refractivity contribution in [3.63, 3.8) is 0 Å². The number of hydrogen-bond donors (Lipinski definition) is 1. The van der Waals surface area contributed by atoms with Crippen molar-refractivity contribution in [2.45, 2.75) is 40.0 Å². The molecule has 0 aromatic heterocycles.